The number of halogens is 4. The zero-order valence-electron chi connectivity index (χ0n) is 18.6. The second-order valence-electron chi connectivity index (χ2n) is 8.42. The fraction of sp³-hybridized carbons (Fsp3) is 0.222. The third kappa shape index (κ3) is 5.45. The normalized spacial score (nSPS) is 17.0. The molecule has 0 N–H and O–H groups in total. The highest BCUT2D eigenvalue weighted by molar-refractivity contribution is 6.30. The smallest absolute Gasteiger partial charge is 0.406 e. The molecule has 2 atom stereocenters. The van der Waals surface area contributed by atoms with Gasteiger partial charge >= 0.3 is 6.36 Å². The van der Waals surface area contributed by atoms with Crippen LogP contribution in [0.15, 0.2) is 84.4 Å². The van der Waals surface area contributed by atoms with Crippen LogP contribution < -0.4 is 9.64 Å². The van der Waals surface area contributed by atoms with Crippen LogP contribution in [-0.2, 0) is 4.79 Å². The van der Waals surface area contributed by atoms with Crippen LogP contribution in [0.2, 0.25) is 5.02 Å². The molecule has 0 saturated heterocycles. The van der Waals surface area contributed by atoms with Gasteiger partial charge in [-0.15, -0.1) is 13.2 Å². The summed E-state index contributed by atoms with van der Waals surface area (Å²) in [5, 5.41) is 0.638. The molecule has 34 heavy (non-hydrogen) atoms. The Morgan fingerprint density at radius 1 is 1.03 bits per heavy atom. The minimum atomic E-state index is -4.80. The molecule has 0 saturated carbocycles. The molecule has 1 aliphatic heterocycles. The molecule has 7 heteroatoms. The van der Waals surface area contributed by atoms with Crippen molar-refractivity contribution in [1.82, 2.24) is 0 Å². The quantitative estimate of drug-likeness (QED) is 0.357. The van der Waals surface area contributed by atoms with Gasteiger partial charge < -0.3 is 4.74 Å². The SMILES string of the molecule is Cc1ccc(N2C(=O)C(C[C@H](C)c3ccc(Cl)cc3)=C[C@@H]2c2cccc(OC(F)(F)F)c2)cc1. The molecular formula is C27H23ClF3NO2. The van der Waals surface area contributed by atoms with E-state index in [2.05, 4.69) is 4.74 Å². The lowest BCUT2D eigenvalue weighted by atomic mass is 9.93. The van der Waals surface area contributed by atoms with Gasteiger partial charge in [0.2, 0.25) is 0 Å². The monoisotopic (exact) mass is 485 g/mol. The Morgan fingerprint density at radius 2 is 1.71 bits per heavy atom. The van der Waals surface area contributed by atoms with E-state index in [-0.39, 0.29) is 17.6 Å². The van der Waals surface area contributed by atoms with Gasteiger partial charge in [0.15, 0.2) is 0 Å². The molecule has 3 nitrogen and oxygen atoms in total. The predicted molar refractivity (Wildman–Crippen MR) is 127 cm³/mol. The molecule has 0 aliphatic carbocycles. The summed E-state index contributed by atoms with van der Waals surface area (Å²) in [5.74, 6) is -0.444. The molecule has 0 unspecified atom stereocenters. The molecule has 3 aromatic rings. The van der Waals surface area contributed by atoms with E-state index < -0.39 is 12.4 Å². The number of aryl methyl sites for hydroxylation is 1. The zero-order chi connectivity index (χ0) is 24.5. The van der Waals surface area contributed by atoms with Gasteiger partial charge in [0.05, 0.1) is 6.04 Å². The largest absolute Gasteiger partial charge is 0.573 e. The van der Waals surface area contributed by atoms with Crippen molar-refractivity contribution in [3.8, 4) is 5.75 Å². The zero-order valence-corrected chi connectivity index (χ0v) is 19.4. The van der Waals surface area contributed by atoms with Gasteiger partial charge in [-0.3, -0.25) is 9.69 Å². The number of anilines is 1. The number of amides is 1. The van der Waals surface area contributed by atoms with Gasteiger partial charge in [-0.1, -0.05) is 60.5 Å². The van der Waals surface area contributed by atoms with Crippen LogP contribution in [0.5, 0.6) is 5.75 Å². The van der Waals surface area contributed by atoms with Crippen molar-refractivity contribution in [2.75, 3.05) is 4.90 Å². The molecule has 0 radical (unpaired) electrons. The molecule has 0 bridgehead atoms. The summed E-state index contributed by atoms with van der Waals surface area (Å²) in [6, 6.07) is 20.2. The number of rotatable bonds is 6. The van der Waals surface area contributed by atoms with Gasteiger partial charge in [-0.25, -0.2) is 0 Å². The van der Waals surface area contributed by atoms with Crippen LogP contribution in [0.4, 0.5) is 18.9 Å². The highest BCUT2D eigenvalue weighted by Gasteiger charge is 2.36. The fourth-order valence-corrected chi connectivity index (χ4v) is 4.26. The molecule has 1 amide bonds. The predicted octanol–water partition coefficient (Wildman–Crippen LogP) is 7.76. The van der Waals surface area contributed by atoms with Crippen molar-refractivity contribution >= 4 is 23.2 Å². The number of carbonyl (C=O) groups is 1. The summed E-state index contributed by atoms with van der Waals surface area (Å²) in [6.07, 6.45) is -2.48. The lowest BCUT2D eigenvalue weighted by Crippen LogP contribution is -2.29. The second-order valence-corrected chi connectivity index (χ2v) is 8.86. The van der Waals surface area contributed by atoms with E-state index in [9.17, 15) is 18.0 Å². The Labute approximate surface area is 201 Å². The third-order valence-electron chi connectivity index (χ3n) is 5.84. The summed E-state index contributed by atoms with van der Waals surface area (Å²) in [4.78, 5) is 15.2. The van der Waals surface area contributed by atoms with Gasteiger partial charge in [0.1, 0.15) is 5.75 Å². The van der Waals surface area contributed by atoms with Crippen molar-refractivity contribution in [2.45, 2.75) is 38.6 Å². The maximum atomic E-state index is 13.5. The number of hydrogen-bond donors (Lipinski definition) is 0. The number of hydrogen-bond acceptors (Lipinski definition) is 2. The Morgan fingerprint density at radius 3 is 2.35 bits per heavy atom. The van der Waals surface area contributed by atoms with Crippen LogP contribution >= 0.6 is 11.6 Å². The van der Waals surface area contributed by atoms with Crippen LogP contribution in [-0.4, -0.2) is 12.3 Å². The first kappa shape index (κ1) is 23.9. The third-order valence-corrected chi connectivity index (χ3v) is 6.09. The number of carbonyl (C=O) groups excluding carboxylic acids is 1. The highest BCUT2D eigenvalue weighted by Crippen LogP contribution is 2.40. The summed E-state index contributed by atoms with van der Waals surface area (Å²) < 4.78 is 42.4. The lowest BCUT2D eigenvalue weighted by molar-refractivity contribution is -0.274. The minimum Gasteiger partial charge on any atom is -0.406 e. The minimum absolute atomic E-state index is 0.0472. The Balaban J connectivity index is 1.69. The molecule has 3 aromatic carbocycles. The van der Waals surface area contributed by atoms with E-state index in [4.69, 9.17) is 11.6 Å². The summed E-state index contributed by atoms with van der Waals surface area (Å²) in [7, 11) is 0. The molecule has 0 fully saturated rings. The number of ether oxygens (including phenoxy) is 1. The summed E-state index contributed by atoms with van der Waals surface area (Å²) >= 11 is 5.99. The van der Waals surface area contributed by atoms with Gasteiger partial charge in [0, 0.05) is 16.3 Å². The van der Waals surface area contributed by atoms with E-state index in [1.807, 2.05) is 68.5 Å². The van der Waals surface area contributed by atoms with Crippen LogP contribution in [0.25, 0.3) is 0 Å². The number of benzene rings is 3. The molecule has 1 aliphatic rings. The highest BCUT2D eigenvalue weighted by atomic mass is 35.5. The van der Waals surface area contributed by atoms with Crippen molar-refractivity contribution in [2.24, 2.45) is 0 Å². The molecule has 0 spiro atoms. The van der Waals surface area contributed by atoms with E-state index in [0.717, 1.165) is 11.1 Å². The number of alkyl halides is 3. The average Bonchev–Trinajstić information content (AvgIpc) is 3.10. The Bertz CT molecular complexity index is 1200. The van der Waals surface area contributed by atoms with Gasteiger partial charge in [0.25, 0.3) is 5.91 Å². The summed E-state index contributed by atoms with van der Waals surface area (Å²) in [5.41, 5.74) is 3.90. The van der Waals surface area contributed by atoms with Crippen molar-refractivity contribution < 1.29 is 22.7 Å². The van der Waals surface area contributed by atoms with E-state index in [1.54, 1.807) is 11.0 Å². The van der Waals surface area contributed by atoms with Crippen LogP contribution in [0.1, 0.15) is 42.0 Å². The molecular weight excluding hydrogens is 463 g/mol. The Hall–Kier alpha value is -3.25. The van der Waals surface area contributed by atoms with E-state index >= 15 is 0 Å². The van der Waals surface area contributed by atoms with E-state index in [0.29, 0.717) is 28.3 Å². The second kappa shape index (κ2) is 9.55. The van der Waals surface area contributed by atoms with E-state index in [1.165, 1.54) is 18.2 Å². The topological polar surface area (TPSA) is 29.5 Å². The van der Waals surface area contributed by atoms with Crippen molar-refractivity contribution in [3.63, 3.8) is 0 Å². The number of nitrogens with zero attached hydrogens (tertiary/aromatic N) is 1. The van der Waals surface area contributed by atoms with Gasteiger partial charge in [-0.05, 0) is 72.9 Å². The lowest BCUT2D eigenvalue weighted by Gasteiger charge is -2.26. The van der Waals surface area contributed by atoms with Crippen molar-refractivity contribution in [3.05, 3.63) is 106 Å². The first-order valence-electron chi connectivity index (χ1n) is 10.8. The average molecular weight is 486 g/mol. The molecule has 0 aromatic heterocycles. The molecule has 1 heterocycles. The summed E-state index contributed by atoms with van der Waals surface area (Å²) in [6.45, 7) is 3.97. The van der Waals surface area contributed by atoms with Crippen LogP contribution in [0, 0.1) is 6.92 Å². The fourth-order valence-electron chi connectivity index (χ4n) is 4.14. The molecule has 4 rings (SSSR count). The maximum absolute atomic E-state index is 13.5. The standard InChI is InChI=1S/C27H23ClF3NO2/c1-17-6-12-23(13-7-17)32-25(20-4-3-5-24(15-20)34-27(29,30)31)16-21(26(32)33)14-18(2)19-8-10-22(28)11-9-19/h3-13,15-16,18,25H,14H2,1-2H3/t18-,25+/m0/s1. The molecule has 176 valence electrons. The van der Waals surface area contributed by atoms with Crippen LogP contribution in [0.3, 0.4) is 0 Å². The first-order valence-corrected chi connectivity index (χ1v) is 11.2. The van der Waals surface area contributed by atoms with Gasteiger partial charge in [-0.2, -0.15) is 0 Å². The Kier molecular flexibility index (Phi) is 6.71. The maximum Gasteiger partial charge on any atom is 0.573 e. The first-order chi connectivity index (χ1) is 16.1. The van der Waals surface area contributed by atoms with Crippen molar-refractivity contribution in [1.29, 1.82) is 0 Å².